The van der Waals surface area contributed by atoms with Crippen LogP contribution in [0.25, 0.3) is 0 Å². The van der Waals surface area contributed by atoms with Gasteiger partial charge in [-0.25, -0.2) is 0 Å². The third-order valence-electron chi connectivity index (χ3n) is 3.83. The Morgan fingerprint density at radius 1 is 1.33 bits per heavy atom. The fourth-order valence-corrected chi connectivity index (χ4v) is 3.48. The summed E-state index contributed by atoms with van der Waals surface area (Å²) in [4.78, 5) is 25.5. The van der Waals surface area contributed by atoms with Gasteiger partial charge in [0.2, 0.25) is 5.91 Å². The van der Waals surface area contributed by atoms with Gasteiger partial charge in [0, 0.05) is 23.0 Å². The Morgan fingerprint density at radius 3 is 2.48 bits per heavy atom. The Bertz CT molecular complexity index is 540. The molecule has 4 nitrogen and oxygen atoms in total. The number of carbonyl (C=O) groups excluding carboxylic acids is 1. The van der Waals surface area contributed by atoms with Crippen molar-refractivity contribution in [1.82, 2.24) is 4.90 Å². The van der Waals surface area contributed by atoms with Crippen LogP contribution in [0.2, 0.25) is 10.0 Å². The molecule has 0 saturated carbocycles. The molecule has 2 unspecified atom stereocenters. The van der Waals surface area contributed by atoms with Crippen LogP contribution in [-0.4, -0.2) is 28.4 Å². The maximum absolute atomic E-state index is 12.2. The van der Waals surface area contributed by atoms with Gasteiger partial charge in [-0.05, 0) is 43.5 Å². The molecule has 1 aliphatic rings. The summed E-state index contributed by atoms with van der Waals surface area (Å²) in [6.07, 6.45) is 1.42. The molecule has 2 rings (SSSR count). The van der Waals surface area contributed by atoms with E-state index in [1.165, 1.54) is 0 Å². The number of rotatable bonds is 3. The molecule has 114 valence electrons. The standard InChI is InChI=1S/C15H17Cl2NO3/c1-2-18-13(19)5-3-4-12(15(20)21)14(18)9-6-10(16)8-11(17)7-9/h6-8,12,14H,2-5H2,1H3,(H,20,21). The zero-order chi connectivity index (χ0) is 15.6. The minimum atomic E-state index is -0.899. The molecule has 0 aliphatic carbocycles. The van der Waals surface area contributed by atoms with Gasteiger partial charge in [-0.1, -0.05) is 23.2 Å². The highest BCUT2D eigenvalue weighted by atomic mass is 35.5. The van der Waals surface area contributed by atoms with Crippen LogP contribution in [0, 0.1) is 5.92 Å². The summed E-state index contributed by atoms with van der Waals surface area (Å²) in [7, 11) is 0. The zero-order valence-electron chi connectivity index (χ0n) is 11.7. The van der Waals surface area contributed by atoms with Crippen LogP contribution < -0.4 is 0 Å². The average Bonchev–Trinajstić information content (AvgIpc) is 2.56. The first-order valence-electron chi connectivity index (χ1n) is 6.92. The van der Waals surface area contributed by atoms with Gasteiger partial charge in [0.25, 0.3) is 0 Å². The predicted molar refractivity (Wildman–Crippen MR) is 81.6 cm³/mol. The lowest BCUT2D eigenvalue weighted by molar-refractivity contribution is -0.146. The highest BCUT2D eigenvalue weighted by Gasteiger charge is 2.38. The van der Waals surface area contributed by atoms with Crippen LogP contribution in [0.4, 0.5) is 0 Å². The smallest absolute Gasteiger partial charge is 0.308 e. The second kappa shape index (κ2) is 6.67. The average molecular weight is 330 g/mol. The highest BCUT2D eigenvalue weighted by molar-refractivity contribution is 6.34. The number of nitrogens with zero attached hydrogens (tertiary/aromatic N) is 1. The van der Waals surface area contributed by atoms with E-state index in [2.05, 4.69) is 0 Å². The molecule has 0 radical (unpaired) electrons. The molecule has 21 heavy (non-hydrogen) atoms. The van der Waals surface area contributed by atoms with Crippen molar-refractivity contribution in [3.8, 4) is 0 Å². The largest absolute Gasteiger partial charge is 0.481 e. The Morgan fingerprint density at radius 2 is 1.95 bits per heavy atom. The second-order valence-electron chi connectivity index (χ2n) is 5.16. The number of carboxylic acid groups (broad SMARTS) is 1. The topological polar surface area (TPSA) is 57.6 Å². The van der Waals surface area contributed by atoms with Crippen LogP contribution in [0.5, 0.6) is 0 Å². The van der Waals surface area contributed by atoms with Crippen LogP contribution in [0.15, 0.2) is 18.2 Å². The van der Waals surface area contributed by atoms with Gasteiger partial charge in [-0.15, -0.1) is 0 Å². The van der Waals surface area contributed by atoms with Crippen molar-refractivity contribution in [3.63, 3.8) is 0 Å². The van der Waals surface area contributed by atoms with E-state index >= 15 is 0 Å². The zero-order valence-corrected chi connectivity index (χ0v) is 13.2. The third-order valence-corrected chi connectivity index (χ3v) is 4.26. The molecule has 1 saturated heterocycles. The number of likely N-dealkylation sites (tertiary alicyclic amines) is 1. The van der Waals surface area contributed by atoms with Crippen LogP contribution >= 0.6 is 23.2 Å². The lowest BCUT2D eigenvalue weighted by Crippen LogP contribution is -2.38. The van der Waals surface area contributed by atoms with Crippen molar-refractivity contribution in [2.75, 3.05) is 6.54 Å². The van der Waals surface area contributed by atoms with Crippen molar-refractivity contribution < 1.29 is 14.7 Å². The molecule has 1 amide bonds. The summed E-state index contributed by atoms with van der Waals surface area (Å²) in [5, 5.41) is 10.4. The number of hydrogen-bond donors (Lipinski definition) is 1. The number of carboxylic acids is 1. The van der Waals surface area contributed by atoms with Crippen LogP contribution in [-0.2, 0) is 9.59 Å². The van der Waals surface area contributed by atoms with Gasteiger partial charge in [-0.2, -0.15) is 0 Å². The molecular weight excluding hydrogens is 313 g/mol. The summed E-state index contributed by atoms with van der Waals surface area (Å²) in [6.45, 7) is 2.30. The summed E-state index contributed by atoms with van der Waals surface area (Å²) in [6, 6.07) is 4.45. The first kappa shape index (κ1) is 16.1. The molecule has 2 atom stereocenters. The molecule has 6 heteroatoms. The molecule has 1 aliphatic heterocycles. The SMILES string of the molecule is CCN1C(=O)CCCC(C(=O)O)C1c1cc(Cl)cc(Cl)c1. The minimum Gasteiger partial charge on any atom is -0.481 e. The first-order chi connectivity index (χ1) is 9.93. The summed E-state index contributed by atoms with van der Waals surface area (Å²) >= 11 is 12.1. The van der Waals surface area contributed by atoms with E-state index in [9.17, 15) is 14.7 Å². The maximum Gasteiger partial charge on any atom is 0.308 e. The monoisotopic (exact) mass is 329 g/mol. The van der Waals surface area contributed by atoms with E-state index in [1.807, 2.05) is 6.92 Å². The fraction of sp³-hybridized carbons (Fsp3) is 0.467. The van der Waals surface area contributed by atoms with Gasteiger partial charge >= 0.3 is 5.97 Å². The van der Waals surface area contributed by atoms with Gasteiger partial charge < -0.3 is 10.0 Å². The molecular formula is C15H17Cl2NO3. The fourth-order valence-electron chi connectivity index (χ4n) is 2.94. The van der Waals surface area contributed by atoms with E-state index in [0.29, 0.717) is 41.4 Å². The van der Waals surface area contributed by atoms with Crippen LogP contribution in [0.3, 0.4) is 0 Å². The van der Waals surface area contributed by atoms with Crippen molar-refractivity contribution >= 4 is 35.1 Å². The van der Waals surface area contributed by atoms with Crippen molar-refractivity contribution in [2.24, 2.45) is 5.92 Å². The number of aliphatic carboxylic acids is 1. The molecule has 1 aromatic carbocycles. The van der Waals surface area contributed by atoms with Gasteiger partial charge in [0.15, 0.2) is 0 Å². The lowest BCUT2D eigenvalue weighted by atomic mass is 9.89. The number of halogens is 2. The molecule has 0 bridgehead atoms. The number of hydrogen-bond acceptors (Lipinski definition) is 2. The minimum absolute atomic E-state index is 0.0256. The first-order valence-corrected chi connectivity index (χ1v) is 7.68. The summed E-state index contributed by atoms with van der Waals surface area (Å²) in [5.74, 6) is -1.57. The summed E-state index contributed by atoms with van der Waals surface area (Å²) in [5.41, 5.74) is 0.678. The Hall–Kier alpha value is -1.26. The third kappa shape index (κ3) is 3.50. The normalized spacial score (nSPS) is 23.0. The van der Waals surface area contributed by atoms with Crippen molar-refractivity contribution in [1.29, 1.82) is 0 Å². The summed E-state index contributed by atoms with van der Waals surface area (Å²) < 4.78 is 0. The molecule has 1 N–H and O–H groups in total. The highest BCUT2D eigenvalue weighted by Crippen LogP contribution is 2.37. The predicted octanol–water partition coefficient (Wildman–Crippen LogP) is 3.77. The molecule has 0 aromatic heterocycles. The lowest BCUT2D eigenvalue weighted by Gasteiger charge is -2.33. The van der Waals surface area contributed by atoms with E-state index in [-0.39, 0.29) is 5.91 Å². The number of benzene rings is 1. The second-order valence-corrected chi connectivity index (χ2v) is 6.04. The van der Waals surface area contributed by atoms with Gasteiger partial charge in [0.05, 0.1) is 12.0 Å². The number of amides is 1. The van der Waals surface area contributed by atoms with Gasteiger partial charge in [0.1, 0.15) is 0 Å². The van der Waals surface area contributed by atoms with E-state index in [1.54, 1.807) is 23.1 Å². The Kier molecular flexibility index (Phi) is 5.12. The van der Waals surface area contributed by atoms with E-state index in [4.69, 9.17) is 23.2 Å². The van der Waals surface area contributed by atoms with Gasteiger partial charge in [-0.3, -0.25) is 9.59 Å². The van der Waals surface area contributed by atoms with E-state index < -0.39 is 17.9 Å². The maximum atomic E-state index is 12.2. The molecule has 1 aromatic rings. The quantitative estimate of drug-likeness (QED) is 0.918. The molecule has 1 heterocycles. The Balaban J connectivity index is 2.53. The van der Waals surface area contributed by atoms with Crippen molar-refractivity contribution in [3.05, 3.63) is 33.8 Å². The molecule has 1 fully saturated rings. The van der Waals surface area contributed by atoms with Crippen molar-refractivity contribution in [2.45, 2.75) is 32.2 Å². The van der Waals surface area contributed by atoms with Crippen LogP contribution in [0.1, 0.15) is 37.8 Å². The Labute approximate surface area is 133 Å². The van der Waals surface area contributed by atoms with E-state index in [0.717, 1.165) is 0 Å². The molecule has 0 spiro atoms. The number of carbonyl (C=O) groups is 2.